The zero-order chi connectivity index (χ0) is 10.2. The van der Waals surface area contributed by atoms with Crippen LogP contribution in [0.25, 0.3) is 0 Å². The van der Waals surface area contributed by atoms with Crippen molar-refractivity contribution in [1.29, 1.82) is 0 Å². The SMILES string of the molecule is O=S(=O)(O)N1CCC2(CCCC2)CC1. The van der Waals surface area contributed by atoms with E-state index in [0.717, 1.165) is 12.8 Å². The quantitative estimate of drug-likeness (QED) is 0.679. The number of rotatable bonds is 1. The lowest BCUT2D eigenvalue weighted by molar-refractivity contribution is 0.153. The molecule has 1 saturated carbocycles. The number of piperidine rings is 1. The average molecular weight is 219 g/mol. The highest BCUT2D eigenvalue weighted by molar-refractivity contribution is 7.83. The van der Waals surface area contributed by atoms with Gasteiger partial charge in [-0.3, -0.25) is 4.55 Å². The topological polar surface area (TPSA) is 57.6 Å². The summed E-state index contributed by atoms with van der Waals surface area (Å²) in [5, 5.41) is 0. The molecule has 0 unspecified atom stereocenters. The Morgan fingerprint density at radius 3 is 1.93 bits per heavy atom. The van der Waals surface area contributed by atoms with E-state index in [4.69, 9.17) is 4.55 Å². The summed E-state index contributed by atoms with van der Waals surface area (Å²) < 4.78 is 31.8. The fraction of sp³-hybridized carbons (Fsp3) is 1.00. The van der Waals surface area contributed by atoms with Gasteiger partial charge in [-0.1, -0.05) is 12.8 Å². The van der Waals surface area contributed by atoms with E-state index in [-0.39, 0.29) is 0 Å². The Labute approximate surface area is 85.2 Å². The van der Waals surface area contributed by atoms with E-state index in [1.807, 2.05) is 0 Å². The highest BCUT2D eigenvalue weighted by Gasteiger charge is 2.39. The van der Waals surface area contributed by atoms with Crippen LogP contribution in [0.4, 0.5) is 0 Å². The first-order valence-corrected chi connectivity index (χ1v) is 6.64. The number of hydrogen-bond acceptors (Lipinski definition) is 2. The van der Waals surface area contributed by atoms with Crippen molar-refractivity contribution in [1.82, 2.24) is 4.31 Å². The molecule has 1 aliphatic heterocycles. The highest BCUT2D eigenvalue weighted by atomic mass is 32.2. The molecule has 5 heteroatoms. The Balaban J connectivity index is 1.98. The molecule has 1 aliphatic carbocycles. The molecule has 4 nitrogen and oxygen atoms in total. The average Bonchev–Trinajstić information content (AvgIpc) is 2.53. The van der Waals surface area contributed by atoms with Crippen LogP contribution in [0.1, 0.15) is 38.5 Å². The van der Waals surface area contributed by atoms with E-state index in [2.05, 4.69) is 0 Å². The molecule has 0 amide bonds. The largest absolute Gasteiger partial charge is 0.335 e. The van der Waals surface area contributed by atoms with Gasteiger partial charge in [0.05, 0.1) is 0 Å². The minimum Gasteiger partial charge on any atom is -0.273 e. The first-order chi connectivity index (χ1) is 6.52. The van der Waals surface area contributed by atoms with E-state index in [9.17, 15) is 8.42 Å². The summed E-state index contributed by atoms with van der Waals surface area (Å²) >= 11 is 0. The summed E-state index contributed by atoms with van der Waals surface area (Å²) in [6.45, 7) is 0.998. The monoisotopic (exact) mass is 219 g/mol. The van der Waals surface area contributed by atoms with Crippen molar-refractivity contribution in [3.05, 3.63) is 0 Å². The lowest BCUT2D eigenvalue weighted by Gasteiger charge is -2.37. The molecule has 2 rings (SSSR count). The van der Waals surface area contributed by atoms with Crippen LogP contribution in [0.5, 0.6) is 0 Å². The van der Waals surface area contributed by atoms with E-state index in [0.29, 0.717) is 18.5 Å². The maximum atomic E-state index is 10.9. The maximum Gasteiger partial charge on any atom is 0.335 e. The summed E-state index contributed by atoms with van der Waals surface area (Å²) in [7, 11) is -3.94. The van der Waals surface area contributed by atoms with Crippen LogP contribution in [0.2, 0.25) is 0 Å². The molecule has 0 bridgehead atoms. The van der Waals surface area contributed by atoms with Gasteiger partial charge >= 0.3 is 10.3 Å². The van der Waals surface area contributed by atoms with Crippen molar-refractivity contribution in [2.45, 2.75) is 38.5 Å². The fourth-order valence-corrected chi connectivity index (χ4v) is 3.46. The molecular formula is C9H17NO3S. The van der Waals surface area contributed by atoms with Crippen LogP contribution in [-0.4, -0.2) is 30.4 Å². The molecular weight excluding hydrogens is 202 g/mol. The Kier molecular flexibility index (Phi) is 2.57. The Bertz CT molecular complexity index is 296. The standard InChI is InChI=1S/C9H17NO3S/c11-14(12,13)10-7-5-9(6-8-10)3-1-2-4-9/h1-8H2,(H,11,12,13). The predicted octanol–water partition coefficient (Wildman–Crippen LogP) is 1.45. The minimum atomic E-state index is -3.94. The Morgan fingerprint density at radius 2 is 1.50 bits per heavy atom. The van der Waals surface area contributed by atoms with E-state index >= 15 is 0 Å². The third kappa shape index (κ3) is 1.94. The highest BCUT2D eigenvalue weighted by Crippen LogP contribution is 2.46. The van der Waals surface area contributed by atoms with Gasteiger partial charge in [0.1, 0.15) is 0 Å². The van der Waals surface area contributed by atoms with Gasteiger partial charge in [0, 0.05) is 13.1 Å². The fourth-order valence-electron chi connectivity index (χ4n) is 2.82. The van der Waals surface area contributed by atoms with Gasteiger partial charge in [-0.15, -0.1) is 0 Å². The molecule has 14 heavy (non-hydrogen) atoms. The van der Waals surface area contributed by atoms with Crippen LogP contribution in [0.3, 0.4) is 0 Å². The van der Waals surface area contributed by atoms with Crippen molar-refractivity contribution in [2.75, 3.05) is 13.1 Å². The summed E-state index contributed by atoms with van der Waals surface area (Å²) in [6, 6.07) is 0. The third-order valence-corrected chi connectivity index (χ3v) is 4.79. The molecule has 1 spiro atoms. The van der Waals surface area contributed by atoms with Crippen LogP contribution < -0.4 is 0 Å². The second kappa shape index (κ2) is 3.47. The molecule has 0 aromatic heterocycles. The first-order valence-electron chi connectivity index (χ1n) is 5.25. The van der Waals surface area contributed by atoms with Crippen LogP contribution in [-0.2, 0) is 10.3 Å². The molecule has 82 valence electrons. The molecule has 0 aromatic carbocycles. The van der Waals surface area contributed by atoms with Crippen LogP contribution >= 0.6 is 0 Å². The van der Waals surface area contributed by atoms with Gasteiger partial charge in [0.2, 0.25) is 0 Å². The maximum absolute atomic E-state index is 10.9. The molecule has 0 aromatic rings. The zero-order valence-electron chi connectivity index (χ0n) is 8.28. The van der Waals surface area contributed by atoms with E-state index < -0.39 is 10.3 Å². The Hall–Kier alpha value is -0.130. The molecule has 1 saturated heterocycles. The van der Waals surface area contributed by atoms with Crippen molar-refractivity contribution in [3.8, 4) is 0 Å². The van der Waals surface area contributed by atoms with Gasteiger partial charge < -0.3 is 0 Å². The van der Waals surface area contributed by atoms with Gasteiger partial charge in [-0.2, -0.15) is 12.7 Å². The molecule has 0 atom stereocenters. The first kappa shape index (κ1) is 10.4. The van der Waals surface area contributed by atoms with Crippen molar-refractivity contribution in [2.24, 2.45) is 5.41 Å². The lowest BCUT2D eigenvalue weighted by atomic mass is 9.78. The number of nitrogens with zero attached hydrogens (tertiary/aromatic N) is 1. The molecule has 1 heterocycles. The second-order valence-corrected chi connectivity index (χ2v) is 6.00. The third-order valence-electron chi connectivity index (χ3n) is 3.77. The summed E-state index contributed by atoms with van der Waals surface area (Å²) in [5.74, 6) is 0. The van der Waals surface area contributed by atoms with Crippen molar-refractivity contribution in [3.63, 3.8) is 0 Å². The summed E-state index contributed by atoms with van der Waals surface area (Å²) in [4.78, 5) is 0. The molecule has 2 fully saturated rings. The summed E-state index contributed by atoms with van der Waals surface area (Å²) in [6.07, 6.45) is 6.90. The van der Waals surface area contributed by atoms with Crippen LogP contribution in [0, 0.1) is 5.41 Å². The van der Waals surface area contributed by atoms with E-state index in [1.54, 1.807) is 0 Å². The van der Waals surface area contributed by atoms with Crippen molar-refractivity contribution < 1.29 is 13.0 Å². The van der Waals surface area contributed by atoms with Crippen LogP contribution in [0.15, 0.2) is 0 Å². The van der Waals surface area contributed by atoms with Gasteiger partial charge in [0.25, 0.3) is 0 Å². The van der Waals surface area contributed by atoms with Gasteiger partial charge in [0.15, 0.2) is 0 Å². The second-order valence-electron chi connectivity index (χ2n) is 4.58. The Morgan fingerprint density at radius 1 is 1.00 bits per heavy atom. The zero-order valence-corrected chi connectivity index (χ0v) is 9.09. The lowest BCUT2D eigenvalue weighted by Crippen LogP contribution is -2.41. The van der Waals surface area contributed by atoms with Crippen molar-refractivity contribution >= 4 is 10.3 Å². The minimum absolute atomic E-state index is 0.404. The molecule has 2 aliphatic rings. The van der Waals surface area contributed by atoms with Gasteiger partial charge in [-0.25, -0.2) is 0 Å². The molecule has 0 radical (unpaired) electrons. The van der Waals surface area contributed by atoms with E-state index in [1.165, 1.54) is 30.0 Å². The summed E-state index contributed by atoms with van der Waals surface area (Å²) in [5.41, 5.74) is 0.404. The predicted molar refractivity (Wildman–Crippen MR) is 53.3 cm³/mol. The normalized spacial score (nSPS) is 28.4. The van der Waals surface area contributed by atoms with Gasteiger partial charge in [-0.05, 0) is 31.1 Å². The number of hydrogen-bond donors (Lipinski definition) is 1. The smallest absolute Gasteiger partial charge is 0.273 e. The molecule has 1 N–H and O–H groups in total.